The molecule has 0 radical (unpaired) electrons. The first-order chi connectivity index (χ1) is 16.5. The van der Waals surface area contributed by atoms with E-state index >= 15 is 0 Å². The van der Waals surface area contributed by atoms with Gasteiger partial charge >= 0.3 is 10.3 Å². The highest BCUT2D eigenvalue weighted by molar-refractivity contribution is 7.84. The standard InChI is InChI=1S/C20H20Cl2FN5O6S/c21-15-4-10(6-28(15)7-12-1-2-16(22)34-12)18(29)13-5-25-9-26-20(13)27-14-3-11(19(30)17(14)23)8-33-35(24,31)32/h1-2,4-6,9,11,14,17,19,30H,3,7-8H2,(H2,24,31,32)(H,25,26,27)/t11-,14-,17-,19-/m1/s1. The number of nitrogens with one attached hydrogen (secondary N) is 1. The van der Waals surface area contributed by atoms with Gasteiger partial charge in [-0.1, -0.05) is 11.6 Å². The summed E-state index contributed by atoms with van der Waals surface area (Å²) in [5, 5.41) is 18.3. The molecule has 4 atom stereocenters. The number of nitrogens with two attached hydrogens (primary N) is 1. The van der Waals surface area contributed by atoms with Gasteiger partial charge < -0.3 is 19.4 Å². The van der Waals surface area contributed by atoms with Gasteiger partial charge in [-0.05, 0) is 36.2 Å². The zero-order chi connectivity index (χ0) is 25.3. The minimum atomic E-state index is -4.24. The predicted octanol–water partition coefficient (Wildman–Crippen LogP) is 2.18. The normalized spacial score (nSPS) is 22.4. The summed E-state index contributed by atoms with van der Waals surface area (Å²) in [5.74, 6) is -0.745. The molecule has 1 aliphatic rings. The average Bonchev–Trinajstić information content (AvgIpc) is 3.46. The SMILES string of the molecule is NS(=O)(=O)OC[C@H]1C[C@@H](Nc2ncncc2C(=O)c2cc(Cl)n(Cc3ccc(Cl)o3)c2)[C@@H](F)[C@@H]1O. The number of alkyl halides is 1. The first-order valence-electron chi connectivity index (χ1n) is 10.2. The Morgan fingerprint density at radius 3 is 2.86 bits per heavy atom. The van der Waals surface area contributed by atoms with Crippen LogP contribution in [-0.2, 0) is 21.0 Å². The number of nitrogens with zero attached hydrogens (tertiary/aromatic N) is 3. The number of halogens is 3. The van der Waals surface area contributed by atoms with Gasteiger partial charge in [-0.3, -0.25) is 8.98 Å². The van der Waals surface area contributed by atoms with Gasteiger partial charge in [0, 0.05) is 23.9 Å². The fraction of sp³-hybridized carbons (Fsp3) is 0.350. The number of rotatable bonds is 9. The number of ketones is 1. The van der Waals surface area contributed by atoms with Crippen LogP contribution >= 0.6 is 23.2 Å². The summed E-state index contributed by atoms with van der Waals surface area (Å²) < 4.78 is 48.2. The Kier molecular flexibility index (Phi) is 7.45. The van der Waals surface area contributed by atoms with Crippen LogP contribution < -0.4 is 10.5 Å². The molecule has 0 aliphatic heterocycles. The number of hydrogen-bond donors (Lipinski definition) is 3. The van der Waals surface area contributed by atoms with Crippen LogP contribution in [0.5, 0.6) is 0 Å². The number of aromatic nitrogens is 3. The van der Waals surface area contributed by atoms with Crippen molar-refractivity contribution in [2.75, 3.05) is 11.9 Å². The summed E-state index contributed by atoms with van der Waals surface area (Å²) in [5.41, 5.74) is 0.279. The van der Waals surface area contributed by atoms with Crippen molar-refractivity contribution in [2.45, 2.75) is 31.3 Å². The van der Waals surface area contributed by atoms with Crippen LogP contribution in [0, 0.1) is 5.92 Å². The fourth-order valence-corrected chi connectivity index (χ4v) is 4.60. The van der Waals surface area contributed by atoms with Gasteiger partial charge in [0.05, 0.1) is 30.9 Å². The summed E-state index contributed by atoms with van der Waals surface area (Å²) in [4.78, 5) is 21.1. The molecule has 1 aliphatic carbocycles. The molecule has 0 unspecified atom stereocenters. The van der Waals surface area contributed by atoms with Gasteiger partial charge in [0.15, 0.2) is 11.0 Å². The van der Waals surface area contributed by atoms with E-state index in [0.717, 1.165) is 0 Å². The summed E-state index contributed by atoms with van der Waals surface area (Å²) in [6.45, 7) is -0.248. The highest BCUT2D eigenvalue weighted by Gasteiger charge is 2.44. The van der Waals surface area contributed by atoms with E-state index < -0.39 is 46.9 Å². The van der Waals surface area contributed by atoms with Crippen molar-refractivity contribution in [2.24, 2.45) is 11.1 Å². The minimum Gasteiger partial charge on any atom is -0.448 e. The Morgan fingerprint density at radius 2 is 2.17 bits per heavy atom. The van der Waals surface area contributed by atoms with Gasteiger partial charge in [0.25, 0.3) is 0 Å². The summed E-state index contributed by atoms with van der Waals surface area (Å²) >= 11 is 12.1. The van der Waals surface area contributed by atoms with Crippen LogP contribution in [0.15, 0.2) is 41.3 Å². The molecule has 15 heteroatoms. The lowest BCUT2D eigenvalue weighted by Gasteiger charge is -2.18. The maximum absolute atomic E-state index is 14.7. The van der Waals surface area contributed by atoms with E-state index in [4.69, 9.17) is 32.8 Å². The molecule has 3 aromatic heterocycles. The number of hydrogen-bond acceptors (Lipinski definition) is 9. The third-order valence-electron chi connectivity index (χ3n) is 5.54. The van der Waals surface area contributed by atoms with Gasteiger partial charge in [-0.2, -0.15) is 8.42 Å². The van der Waals surface area contributed by atoms with Crippen LogP contribution in [0.2, 0.25) is 10.4 Å². The second-order valence-electron chi connectivity index (χ2n) is 7.96. The fourth-order valence-electron chi connectivity index (χ4n) is 3.85. The Morgan fingerprint density at radius 1 is 1.40 bits per heavy atom. The molecule has 4 rings (SSSR count). The predicted molar refractivity (Wildman–Crippen MR) is 123 cm³/mol. The molecule has 3 aromatic rings. The Balaban J connectivity index is 1.50. The molecule has 0 bridgehead atoms. The zero-order valence-electron chi connectivity index (χ0n) is 17.8. The lowest BCUT2D eigenvalue weighted by molar-refractivity contribution is 0.0501. The Labute approximate surface area is 209 Å². The summed E-state index contributed by atoms with van der Waals surface area (Å²) in [6.07, 6.45) is 0.697. The molecule has 1 saturated carbocycles. The Hall–Kier alpha value is -2.55. The topological polar surface area (TPSA) is 163 Å². The van der Waals surface area contributed by atoms with Crippen molar-refractivity contribution >= 4 is 45.1 Å². The minimum absolute atomic E-state index is 0.00337. The summed E-state index contributed by atoms with van der Waals surface area (Å²) in [7, 11) is -4.24. The van der Waals surface area contributed by atoms with Crippen LogP contribution in [0.25, 0.3) is 0 Å². The molecule has 11 nitrogen and oxygen atoms in total. The number of furan rings is 1. The van der Waals surface area contributed by atoms with Gasteiger partial charge in [-0.15, -0.1) is 0 Å². The van der Waals surface area contributed by atoms with Crippen molar-refractivity contribution in [3.8, 4) is 0 Å². The van der Waals surface area contributed by atoms with Gasteiger partial charge in [0.2, 0.25) is 0 Å². The molecular weight excluding hydrogens is 528 g/mol. The maximum atomic E-state index is 14.7. The third kappa shape index (κ3) is 6.00. The van der Waals surface area contributed by atoms with E-state index in [1.807, 2.05) is 0 Å². The molecule has 0 aromatic carbocycles. The first-order valence-corrected chi connectivity index (χ1v) is 12.4. The third-order valence-corrected chi connectivity index (χ3v) is 6.53. The van der Waals surface area contributed by atoms with Crippen molar-refractivity contribution in [3.63, 3.8) is 0 Å². The number of carbonyl (C=O) groups is 1. The quantitative estimate of drug-likeness (QED) is 0.340. The van der Waals surface area contributed by atoms with E-state index in [1.165, 1.54) is 24.8 Å². The molecule has 3 heterocycles. The monoisotopic (exact) mass is 547 g/mol. The Bertz CT molecular complexity index is 1330. The van der Waals surface area contributed by atoms with Crippen LogP contribution in [-0.4, -0.2) is 58.8 Å². The molecule has 0 saturated heterocycles. The lowest BCUT2D eigenvalue weighted by Crippen LogP contribution is -2.33. The molecule has 188 valence electrons. The molecule has 4 N–H and O–H groups in total. The van der Waals surface area contributed by atoms with Crippen molar-refractivity contribution in [3.05, 3.63) is 64.2 Å². The van der Waals surface area contributed by atoms with Crippen LogP contribution in [0.1, 0.15) is 28.1 Å². The molecule has 35 heavy (non-hydrogen) atoms. The van der Waals surface area contributed by atoms with E-state index in [1.54, 1.807) is 16.7 Å². The van der Waals surface area contributed by atoms with Gasteiger partial charge in [0.1, 0.15) is 29.2 Å². The van der Waals surface area contributed by atoms with Gasteiger partial charge in [-0.25, -0.2) is 19.5 Å². The number of carbonyl (C=O) groups excluding carboxylic acids is 1. The molecule has 0 spiro atoms. The maximum Gasteiger partial charge on any atom is 0.333 e. The highest BCUT2D eigenvalue weighted by atomic mass is 35.5. The van der Waals surface area contributed by atoms with Crippen molar-refractivity contribution in [1.29, 1.82) is 0 Å². The molecular formula is C20H20Cl2FN5O6S. The van der Waals surface area contributed by atoms with Crippen LogP contribution in [0.3, 0.4) is 0 Å². The number of anilines is 1. The second-order valence-corrected chi connectivity index (χ2v) is 9.94. The van der Waals surface area contributed by atoms with E-state index in [0.29, 0.717) is 5.76 Å². The molecule has 0 amide bonds. The molecule has 1 fully saturated rings. The van der Waals surface area contributed by atoms with E-state index in [-0.39, 0.29) is 40.3 Å². The second kappa shape index (κ2) is 10.2. The smallest absolute Gasteiger partial charge is 0.333 e. The largest absolute Gasteiger partial charge is 0.448 e. The highest BCUT2D eigenvalue weighted by Crippen LogP contribution is 2.32. The van der Waals surface area contributed by atoms with E-state index in [2.05, 4.69) is 19.5 Å². The number of aliphatic hydroxyl groups is 1. The first kappa shape index (κ1) is 25.5. The van der Waals surface area contributed by atoms with E-state index in [9.17, 15) is 22.7 Å². The summed E-state index contributed by atoms with van der Waals surface area (Å²) in [6, 6.07) is 3.75. The van der Waals surface area contributed by atoms with Crippen LogP contribution in [0.4, 0.5) is 10.2 Å². The van der Waals surface area contributed by atoms with Crippen molar-refractivity contribution < 1.29 is 31.3 Å². The number of aliphatic hydroxyl groups excluding tert-OH is 1. The zero-order valence-corrected chi connectivity index (χ0v) is 20.2. The average molecular weight is 548 g/mol. The van der Waals surface area contributed by atoms with Crippen molar-refractivity contribution in [1.82, 2.24) is 14.5 Å². The lowest BCUT2D eigenvalue weighted by atomic mass is 10.1.